The van der Waals surface area contributed by atoms with Gasteiger partial charge in [0, 0.05) is 31.6 Å². The van der Waals surface area contributed by atoms with Gasteiger partial charge >= 0.3 is 0 Å². The number of aromatic nitrogens is 1. The van der Waals surface area contributed by atoms with Crippen molar-refractivity contribution in [2.24, 2.45) is 0 Å². The van der Waals surface area contributed by atoms with E-state index < -0.39 is 10.0 Å². The van der Waals surface area contributed by atoms with Crippen LogP contribution >= 0.6 is 0 Å². The number of nitrogens with zero attached hydrogens (tertiary/aromatic N) is 3. The highest BCUT2D eigenvalue weighted by molar-refractivity contribution is 7.89. The first-order valence-electron chi connectivity index (χ1n) is 9.02. The SMILES string of the molecule is CCCCS(=O)(=O)N1CCN(c2cc(C)c3cccc(C)c3n2)CC1. The van der Waals surface area contributed by atoms with Crippen molar-refractivity contribution >= 4 is 26.7 Å². The van der Waals surface area contributed by atoms with Crippen molar-refractivity contribution in [3.63, 3.8) is 0 Å². The average molecular weight is 362 g/mol. The number of pyridine rings is 1. The van der Waals surface area contributed by atoms with Crippen LogP contribution in [0.15, 0.2) is 24.3 Å². The molecule has 2 aromatic rings. The number of anilines is 1. The zero-order valence-corrected chi connectivity index (χ0v) is 16.1. The molecule has 0 aliphatic carbocycles. The van der Waals surface area contributed by atoms with E-state index in [1.165, 1.54) is 16.5 Å². The van der Waals surface area contributed by atoms with Gasteiger partial charge in [0.25, 0.3) is 0 Å². The molecular weight excluding hydrogens is 334 g/mol. The van der Waals surface area contributed by atoms with Crippen LogP contribution in [0, 0.1) is 13.8 Å². The van der Waals surface area contributed by atoms with E-state index in [1.54, 1.807) is 4.31 Å². The lowest BCUT2D eigenvalue weighted by molar-refractivity contribution is 0.383. The van der Waals surface area contributed by atoms with Crippen molar-refractivity contribution < 1.29 is 8.42 Å². The Morgan fingerprint density at radius 2 is 1.80 bits per heavy atom. The van der Waals surface area contributed by atoms with Gasteiger partial charge in [0.2, 0.25) is 10.0 Å². The van der Waals surface area contributed by atoms with Crippen LogP contribution in [0.3, 0.4) is 0 Å². The van der Waals surface area contributed by atoms with E-state index in [1.807, 2.05) is 6.92 Å². The minimum absolute atomic E-state index is 0.260. The van der Waals surface area contributed by atoms with Gasteiger partial charge in [-0.1, -0.05) is 31.5 Å². The van der Waals surface area contributed by atoms with E-state index >= 15 is 0 Å². The van der Waals surface area contributed by atoms with Crippen LogP contribution in [0.2, 0.25) is 0 Å². The minimum Gasteiger partial charge on any atom is -0.354 e. The van der Waals surface area contributed by atoms with Crippen LogP contribution in [0.4, 0.5) is 5.82 Å². The van der Waals surface area contributed by atoms with Crippen LogP contribution in [-0.2, 0) is 10.0 Å². The number of fused-ring (bicyclic) bond motifs is 1. The van der Waals surface area contributed by atoms with Gasteiger partial charge in [-0.2, -0.15) is 4.31 Å². The molecular formula is C19H27N3O2S. The Labute approximate surface area is 150 Å². The van der Waals surface area contributed by atoms with Crippen LogP contribution in [0.1, 0.15) is 30.9 Å². The summed E-state index contributed by atoms with van der Waals surface area (Å²) in [5.41, 5.74) is 3.42. The lowest BCUT2D eigenvalue weighted by Gasteiger charge is -2.35. The van der Waals surface area contributed by atoms with Crippen molar-refractivity contribution in [1.29, 1.82) is 0 Å². The van der Waals surface area contributed by atoms with Gasteiger partial charge in [0.05, 0.1) is 11.3 Å². The van der Waals surface area contributed by atoms with Crippen molar-refractivity contribution in [1.82, 2.24) is 9.29 Å². The van der Waals surface area contributed by atoms with Crippen LogP contribution in [-0.4, -0.2) is 49.6 Å². The fourth-order valence-electron chi connectivity index (χ4n) is 3.36. The first-order chi connectivity index (χ1) is 11.9. The lowest BCUT2D eigenvalue weighted by Crippen LogP contribution is -2.49. The molecule has 25 heavy (non-hydrogen) atoms. The second kappa shape index (κ2) is 7.30. The molecule has 0 amide bonds. The number of unbranched alkanes of at least 4 members (excludes halogenated alkanes) is 1. The number of aryl methyl sites for hydroxylation is 2. The highest BCUT2D eigenvalue weighted by Gasteiger charge is 2.27. The van der Waals surface area contributed by atoms with Gasteiger partial charge in [-0.25, -0.2) is 13.4 Å². The fourth-order valence-corrected chi connectivity index (χ4v) is 4.99. The maximum absolute atomic E-state index is 12.4. The third-order valence-corrected chi connectivity index (χ3v) is 6.90. The predicted molar refractivity (Wildman–Crippen MR) is 104 cm³/mol. The molecule has 136 valence electrons. The molecule has 0 bridgehead atoms. The van der Waals surface area contributed by atoms with E-state index in [-0.39, 0.29) is 5.75 Å². The molecule has 5 nitrogen and oxygen atoms in total. The number of piperazine rings is 1. The maximum atomic E-state index is 12.4. The number of sulfonamides is 1. The molecule has 1 aromatic heterocycles. The average Bonchev–Trinajstić information content (AvgIpc) is 2.61. The standard InChI is InChI=1S/C19H27N3O2S/c1-4-5-13-25(23,24)22-11-9-21(10-12-22)18-14-16(3)17-8-6-7-15(2)19(17)20-18/h6-8,14H,4-5,9-13H2,1-3H3. The summed E-state index contributed by atoms with van der Waals surface area (Å²) < 4.78 is 26.3. The van der Waals surface area contributed by atoms with Crippen molar-refractivity contribution in [2.75, 3.05) is 36.8 Å². The first-order valence-corrected chi connectivity index (χ1v) is 10.6. The van der Waals surface area contributed by atoms with Crippen molar-refractivity contribution in [3.8, 4) is 0 Å². The Balaban J connectivity index is 1.77. The molecule has 1 fully saturated rings. The number of para-hydroxylation sites is 1. The van der Waals surface area contributed by atoms with Gasteiger partial charge in [0.15, 0.2) is 0 Å². The Bertz CT molecular complexity index is 856. The normalized spacial score (nSPS) is 16.5. The van der Waals surface area contributed by atoms with Gasteiger partial charge < -0.3 is 4.90 Å². The van der Waals surface area contributed by atoms with Gasteiger partial charge in [-0.3, -0.25) is 0 Å². The largest absolute Gasteiger partial charge is 0.354 e. The van der Waals surface area contributed by atoms with E-state index in [4.69, 9.17) is 4.98 Å². The number of hydrogen-bond acceptors (Lipinski definition) is 4. The van der Waals surface area contributed by atoms with Crippen LogP contribution in [0.25, 0.3) is 10.9 Å². The molecule has 0 unspecified atom stereocenters. The summed E-state index contributed by atoms with van der Waals surface area (Å²) in [6, 6.07) is 8.36. The van der Waals surface area contributed by atoms with Crippen LogP contribution < -0.4 is 4.90 Å². The van der Waals surface area contributed by atoms with Gasteiger partial charge in [-0.15, -0.1) is 0 Å². The quantitative estimate of drug-likeness (QED) is 0.821. The molecule has 1 saturated heterocycles. The second-order valence-electron chi connectivity index (χ2n) is 6.82. The summed E-state index contributed by atoms with van der Waals surface area (Å²) >= 11 is 0. The van der Waals surface area contributed by atoms with E-state index in [2.05, 4.69) is 43.0 Å². The van der Waals surface area contributed by atoms with E-state index in [9.17, 15) is 8.42 Å². The predicted octanol–water partition coefficient (Wildman–Crippen LogP) is 3.10. The summed E-state index contributed by atoms with van der Waals surface area (Å²) in [6.07, 6.45) is 1.63. The lowest BCUT2D eigenvalue weighted by atomic mass is 10.1. The zero-order valence-electron chi connectivity index (χ0n) is 15.3. The number of benzene rings is 1. The Kier molecular flexibility index (Phi) is 5.29. The summed E-state index contributed by atoms with van der Waals surface area (Å²) in [7, 11) is -3.11. The molecule has 3 rings (SSSR count). The molecule has 1 aromatic carbocycles. The Hall–Kier alpha value is -1.66. The highest BCUT2D eigenvalue weighted by atomic mass is 32.2. The molecule has 6 heteroatoms. The molecule has 1 aliphatic rings. The van der Waals surface area contributed by atoms with E-state index in [0.717, 1.165) is 24.2 Å². The molecule has 1 aliphatic heterocycles. The molecule has 0 atom stereocenters. The molecule has 0 spiro atoms. The smallest absolute Gasteiger partial charge is 0.214 e. The fraction of sp³-hybridized carbons (Fsp3) is 0.526. The molecule has 0 radical (unpaired) electrons. The summed E-state index contributed by atoms with van der Waals surface area (Å²) in [4.78, 5) is 7.05. The molecule has 2 heterocycles. The summed E-state index contributed by atoms with van der Waals surface area (Å²) in [5, 5.41) is 1.18. The number of hydrogen-bond donors (Lipinski definition) is 0. The Morgan fingerprint density at radius 1 is 1.08 bits per heavy atom. The van der Waals surface area contributed by atoms with Crippen molar-refractivity contribution in [3.05, 3.63) is 35.4 Å². The van der Waals surface area contributed by atoms with Crippen LogP contribution in [0.5, 0.6) is 0 Å². The molecule has 0 saturated carbocycles. The zero-order chi connectivity index (χ0) is 18.0. The summed E-state index contributed by atoms with van der Waals surface area (Å²) in [6.45, 7) is 8.67. The number of rotatable bonds is 5. The molecule has 0 N–H and O–H groups in total. The minimum atomic E-state index is -3.11. The third-order valence-electron chi connectivity index (χ3n) is 4.95. The first kappa shape index (κ1) is 18.1. The highest BCUT2D eigenvalue weighted by Crippen LogP contribution is 2.25. The van der Waals surface area contributed by atoms with Gasteiger partial charge in [0.1, 0.15) is 5.82 Å². The Morgan fingerprint density at radius 3 is 2.48 bits per heavy atom. The van der Waals surface area contributed by atoms with E-state index in [0.29, 0.717) is 26.2 Å². The summed E-state index contributed by atoms with van der Waals surface area (Å²) in [5.74, 6) is 1.21. The third kappa shape index (κ3) is 3.80. The topological polar surface area (TPSA) is 53.5 Å². The van der Waals surface area contributed by atoms with Crippen molar-refractivity contribution in [2.45, 2.75) is 33.6 Å². The maximum Gasteiger partial charge on any atom is 0.214 e. The van der Waals surface area contributed by atoms with Gasteiger partial charge in [-0.05, 0) is 37.5 Å². The second-order valence-corrected chi connectivity index (χ2v) is 8.91. The monoisotopic (exact) mass is 361 g/mol.